The minimum Gasteiger partial charge on any atom is -0.398 e. The molecule has 0 bridgehead atoms. The largest absolute Gasteiger partial charge is 0.398 e. The Balaban J connectivity index is 2.31. The summed E-state index contributed by atoms with van der Waals surface area (Å²) < 4.78 is 1.53. The zero-order chi connectivity index (χ0) is 14.0. The van der Waals surface area contributed by atoms with Crippen molar-refractivity contribution in [3.05, 3.63) is 34.2 Å². The molecule has 0 aliphatic carbocycles. The minimum atomic E-state index is -0.238. The monoisotopic (exact) mass is 278 g/mol. The number of nitrogens with one attached hydrogen (secondary N) is 1. The van der Waals surface area contributed by atoms with E-state index in [4.69, 9.17) is 5.73 Å². The standard InChI is InChI=1S/C12H14N4O2S/c1-3-16-11(18)14-15-12(16)19-8-4-5-9(7(2)17)10(13)6-8/h4-6H,3,13H2,1-2H3,(H,14,18). The Morgan fingerprint density at radius 2 is 2.26 bits per heavy atom. The van der Waals surface area contributed by atoms with Gasteiger partial charge in [-0.3, -0.25) is 9.36 Å². The van der Waals surface area contributed by atoms with Crippen LogP contribution in [0.25, 0.3) is 0 Å². The molecule has 0 aliphatic heterocycles. The van der Waals surface area contributed by atoms with Crippen LogP contribution in [0.1, 0.15) is 24.2 Å². The molecular weight excluding hydrogens is 264 g/mol. The molecule has 1 aromatic heterocycles. The Hall–Kier alpha value is -2.02. The maximum absolute atomic E-state index is 11.4. The number of carbonyl (C=O) groups excluding carboxylic acids is 1. The molecule has 0 saturated carbocycles. The number of benzene rings is 1. The molecule has 3 N–H and O–H groups in total. The lowest BCUT2D eigenvalue weighted by Gasteiger charge is -2.05. The minimum absolute atomic E-state index is 0.0701. The van der Waals surface area contributed by atoms with Crippen molar-refractivity contribution in [3.8, 4) is 0 Å². The van der Waals surface area contributed by atoms with Crippen LogP contribution in [0.5, 0.6) is 0 Å². The normalized spacial score (nSPS) is 10.6. The highest BCUT2D eigenvalue weighted by Crippen LogP contribution is 2.28. The third-order valence-corrected chi connectivity index (χ3v) is 3.63. The van der Waals surface area contributed by atoms with Crippen LogP contribution in [0.3, 0.4) is 0 Å². The number of ketones is 1. The van der Waals surface area contributed by atoms with Crippen LogP contribution in [0.15, 0.2) is 33.0 Å². The fourth-order valence-electron chi connectivity index (χ4n) is 1.69. The van der Waals surface area contributed by atoms with Gasteiger partial charge in [0.1, 0.15) is 0 Å². The van der Waals surface area contributed by atoms with Gasteiger partial charge in [-0.2, -0.15) is 0 Å². The van der Waals surface area contributed by atoms with E-state index in [9.17, 15) is 9.59 Å². The first-order valence-corrected chi connectivity index (χ1v) is 6.58. The van der Waals surface area contributed by atoms with Gasteiger partial charge in [0.2, 0.25) is 0 Å². The van der Waals surface area contributed by atoms with E-state index < -0.39 is 0 Å². The van der Waals surface area contributed by atoms with Crippen molar-refractivity contribution in [2.24, 2.45) is 0 Å². The second-order valence-electron chi connectivity index (χ2n) is 3.96. The smallest absolute Gasteiger partial charge is 0.343 e. The second kappa shape index (κ2) is 5.31. The SMILES string of the molecule is CCn1c(Sc2ccc(C(C)=O)c(N)c2)n[nH]c1=O. The number of nitrogens with zero attached hydrogens (tertiary/aromatic N) is 2. The summed E-state index contributed by atoms with van der Waals surface area (Å²) in [5, 5.41) is 6.93. The predicted octanol–water partition coefficient (Wildman–Crippen LogP) is 1.53. The topological polar surface area (TPSA) is 93.8 Å². The Morgan fingerprint density at radius 3 is 2.84 bits per heavy atom. The number of rotatable bonds is 4. The average Bonchev–Trinajstić information content (AvgIpc) is 2.69. The summed E-state index contributed by atoms with van der Waals surface area (Å²) in [7, 11) is 0. The summed E-state index contributed by atoms with van der Waals surface area (Å²) in [5.41, 5.74) is 6.51. The molecule has 6 nitrogen and oxygen atoms in total. The van der Waals surface area contributed by atoms with Gasteiger partial charge in [-0.05, 0) is 43.8 Å². The molecule has 0 amide bonds. The van der Waals surface area contributed by atoms with Gasteiger partial charge < -0.3 is 5.73 Å². The number of nitrogen functional groups attached to an aromatic ring is 1. The van der Waals surface area contributed by atoms with Crippen LogP contribution in [0.2, 0.25) is 0 Å². The van der Waals surface area contributed by atoms with Gasteiger partial charge in [-0.15, -0.1) is 5.10 Å². The Kier molecular flexibility index (Phi) is 3.75. The number of Topliss-reactive ketones (excluding diaryl/α,β-unsaturated/α-hetero) is 1. The van der Waals surface area contributed by atoms with Crippen LogP contribution in [0, 0.1) is 0 Å². The van der Waals surface area contributed by atoms with Gasteiger partial charge in [0.05, 0.1) is 0 Å². The number of aromatic nitrogens is 3. The molecule has 19 heavy (non-hydrogen) atoms. The Bertz CT molecular complexity index is 675. The second-order valence-corrected chi connectivity index (χ2v) is 5.00. The van der Waals surface area contributed by atoms with Crippen molar-refractivity contribution in [1.82, 2.24) is 14.8 Å². The van der Waals surface area contributed by atoms with Gasteiger partial charge >= 0.3 is 5.69 Å². The van der Waals surface area contributed by atoms with E-state index in [1.54, 1.807) is 18.2 Å². The molecule has 0 aliphatic rings. The quantitative estimate of drug-likeness (QED) is 0.653. The predicted molar refractivity (Wildman–Crippen MR) is 73.5 cm³/mol. The molecule has 0 spiro atoms. The van der Waals surface area contributed by atoms with E-state index in [0.29, 0.717) is 23.0 Å². The van der Waals surface area contributed by atoms with Gasteiger partial charge in [0.25, 0.3) is 0 Å². The lowest BCUT2D eigenvalue weighted by Crippen LogP contribution is -2.16. The van der Waals surface area contributed by atoms with Crippen molar-refractivity contribution >= 4 is 23.2 Å². The molecule has 0 atom stereocenters. The van der Waals surface area contributed by atoms with Gasteiger partial charge in [-0.1, -0.05) is 0 Å². The third kappa shape index (κ3) is 2.70. The van der Waals surface area contributed by atoms with Crippen molar-refractivity contribution in [2.75, 3.05) is 5.73 Å². The number of anilines is 1. The van der Waals surface area contributed by atoms with Gasteiger partial charge in [0.15, 0.2) is 10.9 Å². The zero-order valence-corrected chi connectivity index (χ0v) is 11.5. The van der Waals surface area contributed by atoms with Crippen molar-refractivity contribution in [3.63, 3.8) is 0 Å². The third-order valence-electron chi connectivity index (χ3n) is 2.65. The van der Waals surface area contributed by atoms with Crippen LogP contribution in [0.4, 0.5) is 5.69 Å². The molecule has 0 radical (unpaired) electrons. The number of hydrogen-bond acceptors (Lipinski definition) is 5. The summed E-state index contributed by atoms with van der Waals surface area (Å²) in [4.78, 5) is 23.6. The number of carbonyl (C=O) groups is 1. The summed E-state index contributed by atoms with van der Waals surface area (Å²) in [6.45, 7) is 3.88. The highest BCUT2D eigenvalue weighted by molar-refractivity contribution is 7.99. The van der Waals surface area contributed by atoms with Gasteiger partial charge in [-0.25, -0.2) is 9.89 Å². The number of nitrogens with two attached hydrogens (primary N) is 1. The molecule has 0 unspecified atom stereocenters. The molecule has 1 aromatic carbocycles. The average molecular weight is 278 g/mol. The summed E-state index contributed by atoms with van der Waals surface area (Å²) >= 11 is 1.32. The summed E-state index contributed by atoms with van der Waals surface area (Å²) in [6.07, 6.45) is 0. The molecular formula is C12H14N4O2S. The highest BCUT2D eigenvalue weighted by atomic mass is 32.2. The Morgan fingerprint density at radius 1 is 1.53 bits per heavy atom. The van der Waals surface area contributed by atoms with E-state index in [0.717, 1.165) is 4.90 Å². The lowest BCUT2D eigenvalue weighted by molar-refractivity contribution is 0.101. The van der Waals surface area contributed by atoms with Gasteiger partial charge in [0, 0.05) is 22.7 Å². The lowest BCUT2D eigenvalue weighted by atomic mass is 10.1. The number of H-pyrrole nitrogens is 1. The molecule has 100 valence electrons. The van der Waals surface area contributed by atoms with E-state index in [1.807, 2.05) is 6.92 Å². The first-order chi connectivity index (χ1) is 9.02. The van der Waals surface area contributed by atoms with Crippen molar-refractivity contribution < 1.29 is 4.79 Å². The van der Waals surface area contributed by atoms with Crippen LogP contribution < -0.4 is 11.4 Å². The maximum atomic E-state index is 11.4. The van der Waals surface area contributed by atoms with Crippen molar-refractivity contribution in [2.45, 2.75) is 30.4 Å². The number of aromatic amines is 1. The zero-order valence-electron chi connectivity index (χ0n) is 10.6. The molecule has 0 saturated heterocycles. The van der Waals surface area contributed by atoms with E-state index in [1.165, 1.54) is 23.3 Å². The fourth-order valence-corrected chi connectivity index (χ4v) is 2.64. The molecule has 7 heteroatoms. The van der Waals surface area contributed by atoms with Crippen LogP contribution in [-0.2, 0) is 6.54 Å². The number of hydrogen-bond donors (Lipinski definition) is 2. The summed E-state index contributed by atoms with van der Waals surface area (Å²) in [5.74, 6) is -0.0701. The molecule has 2 rings (SSSR count). The Labute approximate surface area is 114 Å². The maximum Gasteiger partial charge on any atom is 0.343 e. The first-order valence-electron chi connectivity index (χ1n) is 5.76. The molecule has 0 fully saturated rings. The van der Waals surface area contributed by atoms with Crippen LogP contribution in [-0.4, -0.2) is 20.5 Å². The molecule has 2 aromatic rings. The van der Waals surface area contributed by atoms with E-state index >= 15 is 0 Å². The van der Waals surface area contributed by atoms with Crippen molar-refractivity contribution in [1.29, 1.82) is 0 Å². The van der Waals surface area contributed by atoms with E-state index in [2.05, 4.69) is 10.2 Å². The molecule has 1 heterocycles. The summed E-state index contributed by atoms with van der Waals surface area (Å²) in [6, 6.07) is 5.18. The van der Waals surface area contributed by atoms with Crippen LogP contribution >= 0.6 is 11.8 Å². The fraction of sp³-hybridized carbons (Fsp3) is 0.250. The first kappa shape index (κ1) is 13.4. The highest BCUT2D eigenvalue weighted by Gasteiger charge is 2.10. The van der Waals surface area contributed by atoms with E-state index in [-0.39, 0.29) is 11.5 Å².